The van der Waals surface area contributed by atoms with Crippen LogP contribution in [0.25, 0.3) is 0 Å². The first kappa shape index (κ1) is 14.3. The van der Waals surface area contributed by atoms with Gasteiger partial charge in [-0.3, -0.25) is 5.32 Å². The molecule has 0 radical (unpaired) electrons. The Morgan fingerprint density at radius 1 is 1.06 bits per heavy atom. The van der Waals surface area contributed by atoms with E-state index in [9.17, 15) is 0 Å². The lowest BCUT2D eigenvalue weighted by molar-refractivity contribution is -0.167. The number of hydrogen-bond acceptors (Lipinski definition) is 3. The van der Waals surface area contributed by atoms with Crippen molar-refractivity contribution in [2.24, 2.45) is 11.8 Å². The van der Waals surface area contributed by atoms with Crippen molar-refractivity contribution in [2.75, 3.05) is 13.2 Å². The Bertz CT molecular complexity index is 284. The number of piperidine rings is 1. The Morgan fingerprint density at radius 2 is 1.61 bits per heavy atom. The van der Waals surface area contributed by atoms with E-state index >= 15 is 0 Å². The van der Waals surface area contributed by atoms with E-state index in [1.54, 1.807) is 0 Å². The fourth-order valence-corrected chi connectivity index (χ4v) is 3.84. The Kier molecular flexibility index (Phi) is 3.54. The second-order valence-electron chi connectivity index (χ2n) is 7.94. The van der Waals surface area contributed by atoms with Gasteiger partial charge in [-0.05, 0) is 39.5 Å². The third-order valence-corrected chi connectivity index (χ3v) is 4.33. The van der Waals surface area contributed by atoms with Gasteiger partial charge in [0.05, 0.1) is 6.61 Å². The summed E-state index contributed by atoms with van der Waals surface area (Å²) in [5.41, 5.74) is 0.127. The first-order valence-electron chi connectivity index (χ1n) is 7.32. The van der Waals surface area contributed by atoms with Crippen LogP contribution < -0.4 is 10.6 Å². The predicted molar refractivity (Wildman–Crippen MR) is 75.5 cm³/mol. The lowest BCUT2D eigenvalue weighted by Gasteiger charge is -2.55. The van der Waals surface area contributed by atoms with Gasteiger partial charge >= 0.3 is 0 Å². The maximum Gasteiger partial charge on any atom is 0.122 e. The van der Waals surface area contributed by atoms with Crippen LogP contribution in [0, 0.1) is 11.8 Å². The summed E-state index contributed by atoms with van der Waals surface area (Å²) in [6.07, 6.45) is 2.07. The molecule has 2 saturated heterocycles. The Morgan fingerprint density at radius 3 is 2.00 bits per heavy atom. The molecule has 1 unspecified atom stereocenters. The van der Waals surface area contributed by atoms with Gasteiger partial charge < -0.3 is 10.1 Å². The highest BCUT2D eigenvalue weighted by atomic mass is 16.5. The van der Waals surface area contributed by atoms with Crippen LogP contribution in [0.5, 0.6) is 0 Å². The third-order valence-electron chi connectivity index (χ3n) is 4.33. The monoisotopic (exact) mass is 254 g/mol. The molecule has 2 N–H and O–H groups in total. The van der Waals surface area contributed by atoms with Gasteiger partial charge in [0.2, 0.25) is 0 Å². The molecule has 18 heavy (non-hydrogen) atoms. The van der Waals surface area contributed by atoms with Crippen molar-refractivity contribution in [1.29, 1.82) is 0 Å². The lowest BCUT2D eigenvalue weighted by Crippen LogP contribution is -2.70. The van der Waals surface area contributed by atoms with E-state index in [1.807, 2.05) is 0 Å². The smallest absolute Gasteiger partial charge is 0.122 e. The van der Waals surface area contributed by atoms with E-state index in [0.717, 1.165) is 26.0 Å². The highest BCUT2D eigenvalue weighted by Crippen LogP contribution is 2.39. The predicted octanol–water partition coefficient (Wildman–Crippen LogP) is 2.52. The van der Waals surface area contributed by atoms with Gasteiger partial charge in [0.25, 0.3) is 0 Å². The molecule has 0 saturated carbocycles. The van der Waals surface area contributed by atoms with E-state index in [4.69, 9.17) is 4.74 Å². The van der Waals surface area contributed by atoms with Crippen LogP contribution >= 0.6 is 0 Å². The molecule has 2 aliphatic rings. The lowest BCUT2D eigenvalue weighted by atomic mass is 9.76. The van der Waals surface area contributed by atoms with Crippen LogP contribution in [0.1, 0.15) is 54.4 Å². The summed E-state index contributed by atoms with van der Waals surface area (Å²) >= 11 is 0. The summed E-state index contributed by atoms with van der Waals surface area (Å²) in [6.45, 7) is 15.6. The normalized spacial score (nSPS) is 33.8. The molecule has 0 aromatic carbocycles. The minimum Gasteiger partial charge on any atom is -0.360 e. The van der Waals surface area contributed by atoms with Crippen LogP contribution in [0.3, 0.4) is 0 Å². The maximum atomic E-state index is 6.30. The second-order valence-corrected chi connectivity index (χ2v) is 7.94. The molecular formula is C15H30N2O. The molecule has 0 aromatic rings. The molecule has 1 atom stereocenters. The topological polar surface area (TPSA) is 33.3 Å². The molecule has 0 amide bonds. The van der Waals surface area contributed by atoms with Crippen molar-refractivity contribution >= 4 is 0 Å². The van der Waals surface area contributed by atoms with Crippen molar-refractivity contribution in [2.45, 2.75) is 71.2 Å². The number of rotatable bonds is 1. The Hall–Kier alpha value is -0.120. The summed E-state index contributed by atoms with van der Waals surface area (Å²) in [4.78, 5) is 0. The molecule has 0 aromatic heterocycles. The average molecular weight is 254 g/mol. The van der Waals surface area contributed by atoms with Gasteiger partial charge in [0.1, 0.15) is 5.72 Å². The first-order chi connectivity index (χ1) is 8.13. The molecule has 2 fully saturated rings. The molecule has 2 heterocycles. The molecule has 1 spiro atoms. The fraction of sp³-hybridized carbons (Fsp3) is 1.00. The summed E-state index contributed by atoms with van der Waals surface area (Å²) in [7, 11) is 0. The standard InChI is InChI=1S/C15H30N2O/c1-11(2)12-7-16-15(18-8-12)9-13(3,4)17-14(5,6)10-15/h11-12,16-17H,7-10H2,1-6H3. The molecular weight excluding hydrogens is 224 g/mol. The zero-order valence-electron chi connectivity index (χ0n) is 12.9. The minimum absolute atomic E-state index is 0.121. The van der Waals surface area contributed by atoms with Crippen LogP contribution in [-0.4, -0.2) is 30.0 Å². The highest BCUT2D eigenvalue weighted by molar-refractivity contribution is 5.05. The zero-order valence-corrected chi connectivity index (χ0v) is 12.9. The third kappa shape index (κ3) is 3.06. The van der Waals surface area contributed by atoms with Crippen LogP contribution in [0.4, 0.5) is 0 Å². The summed E-state index contributed by atoms with van der Waals surface area (Å²) < 4.78 is 6.30. The fourth-order valence-electron chi connectivity index (χ4n) is 3.84. The quantitative estimate of drug-likeness (QED) is 0.754. The van der Waals surface area contributed by atoms with Gasteiger partial charge in [-0.15, -0.1) is 0 Å². The van der Waals surface area contributed by atoms with Crippen LogP contribution in [-0.2, 0) is 4.74 Å². The van der Waals surface area contributed by atoms with Crippen molar-refractivity contribution in [3.63, 3.8) is 0 Å². The largest absolute Gasteiger partial charge is 0.360 e. The number of hydrogen-bond donors (Lipinski definition) is 2. The van der Waals surface area contributed by atoms with Crippen molar-refractivity contribution in [3.8, 4) is 0 Å². The Balaban J connectivity index is 2.08. The van der Waals surface area contributed by atoms with E-state index in [1.165, 1.54) is 0 Å². The molecule has 2 aliphatic heterocycles. The molecule has 106 valence electrons. The first-order valence-corrected chi connectivity index (χ1v) is 7.32. The SMILES string of the molecule is CC(C)C1CNC2(CC(C)(C)NC(C)(C)C2)OC1. The second kappa shape index (κ2) is 4.46. The maximum absolute atomic E-state index is 6.30. The van der Waals surface area contributed by atoms with E-state index in [0.29, 0.717) is 11.8 Å². The van der Waals surface area contributed by atoms with Crippen molar-refractivity contribution in [1.82, 2.24) is 10.6 Å². The van der Waals surface area contributed by atoms with E-state index < -0.39 is 0 Å². The molecule has 3 nitrogen and oxygen atoms in total. The minimum atomic E-state index is -0.121. The van der Waals surface area contributed by atoms with Gasteiger partial charge in [-0.25, -0.2) is 0 Å². The van der Waals surface area contributed by atoms with Crippen LogP contribution in [0.2, 0.25) is 0 Å². The molecule has 0 bridgehead atoms. The summed E-state index contributed by atoms with van der Waals surface area (Å²) in [5.74, 6) is 1.34. The van der Waals surface area contributed by atoms with Gasteiger partial charge in [0, 0.05) is 30.5 Å². The summed E-state index contributed by atoms with van der Waals surface area (Å²) in [6, 6.07) is 0. The van der Waals surface area contributed by atoms with Gasteiger partial charge in [-0.1, -0.05) is 13.8 Å². The van der Waals surface area contributed by atoms with E-state index in [-0.39, 0.29) is 16.8 Å². The van der Waals surface area contributed by atoms with Crippen molar-refractivity contribution in [3.05, 3.63) is 0 Å². The number of ether oxygens (including phenoxy) is 1. The zero-order chi connectivity index (χ0) is 13.6. The molecule has 2 rings (SSSR count). The summed E-state index contributed by atoms with van der Waals surface area (Å²) in [5, 5.41) is 7.43. The van der Waals surface area contributed by atoms with E-state index in [2.05, 4.69) is 52.2 Å². The van der Waals surface area contributed by atoms with Gasteiger partial charge in [-0.2, -0.15) is 0 Å². The van der Waals surface area contributed by atoms with Crippen molar-refractivity contribution < 1.29 is 4.74 Å². The molecule has 0 aliphatic carbocycles. The van der Waals surface area contributed by atoms with Gasteiger partial charge in [0.15, 0.2) is 0 Å². The average Bonchev–Trinajstić information content (AvgIpc) is 2.12. The Labute approximate surface area is 112 Å². The highest BCUT2D eigenvalue weighted by Gasteiger charge is 2.49. The molecule has 3 heteroatoms. The number of nitrogens with one attached hydrogen (secondary N) is 2. The van der Waals surface area contributed by atoms with Crippen LogP contribution in [0.15, 0.2) is 0 Å².